The number of benzene rings is 1. The van der Waals surface area contributed by atoms with Gasteiger partial charge in [0.15, 0.2) is 9.84 Å². The molecule has 2 aliphatic heterocycles. The van der Waals surface area contributed by atoms with Crippen molar-refractivity contribution in [2.24, 2.45) is 5.92 Å². The van der Waals surface area contributed by atoms with Crippen molar-refractivity contribution in [3.63, 3.8) is 0 Å². The van der Waals surface area contributed by atoms with E-state index in [1.54, 1.807) is 11.8 Å². The maximum atomic E-state index is 12.4. The Bertz CT molecular complexity index is 774. The van der Waals surface area contributed by atoms with E-state index in [1.807, 2.05) is 4.90 Å². The van der Waals surface area contributed by atoms with Gasteiger partial charge in [-0.1, -0.05) is 0 Å². The van der Waals surface area contributed by atoms with E-state index in [0.29, 0.717) is 25.1 Å². The van der Waals surface area contributed by atoms with E-state index in [0.717, 1.165) is 24.4 Å². The van der Waals surface area contributed by atoms with Crippen LogP contribution in [0.3, 0.4) is 0 Å². The van der Waals surface area contributed by atoms with Gasteiger partial charge in [0.25, 0.3) is 5.91 Å². The highest BCUT2D eigenvalue weighted by Crippen LogP contribution is 2.20. The number of hydrogen-bond donors (Lipinski definition) is 2. The number of carbonyl (C=O) groups is 2. The van der Waals surface area contributed by atoms with Crippen LogP contribution in [0.15, 0.2) is 29.2 Å². The minimum absolute atomic E-state index is 0.153. The molecule has 2 amide bonds. The molecule has 142 valence electrons. The highest BCUT2D eigenvalue weighted by Gasteiger charge is 2.33. The third-order valence-corrected chi connectivity index (χ3v) is 6.77. The van der Waals surface area contributed by atoms with Gasteiger partial charge in [-0.05, 0) is 36.6 Å². The first-order valence-electron chi connectivity index (χ1n) is 8.53. The van der Waals surface area contributed by atoms with Crippen LogP contribution in [0.25, 0.3) is 0 Å². The number of rotatable bonds is 5. The van der Waals surface area contributed by atoms with Crippen molar-refractivity contribution in [2.75, 3.05) is 37.5 Å². The minimum Gasteiger partial charge on any atom is -0.352 e. The molecule has 3 rings (SSSR count). The Morgan fingerprint density at radius 1 is 1.31 bits per heavy atom. The number of thioether (sulfide) groups is 1. The Kier molecular flexibility index (Phi) is 5.89. The van der Waals surface area contributed by atoms with Gasteiger partial charge in [-0.3, -0.25) is 9.59 Å². The molecule has 26 heavy (non-hydrogen) atoms. The monoisotopic (exact) mass is 397 g/mol. The van der Waals surface area contributed by atoms with Gasteiger partial charge in [0.2, 0.25) is 5.91 Å². The van der Waals surface area contributed by atoms with Crippen LogP contribution in [0.2, 0.25) is 0 Å². The summed E-state index contributed by atoms with van der Waals surface area (Å²) in [5, 5.41) is 6.12. The van der Waals surface area contributed by atoms with Gasteiger partial charge in [-0.25, -0.2) is 8.42 Å². The highest BCUT2D eigenvalue weighted by atomic mass is 32.2. The molecule has 2 atom stereocenters. The van der Waals surface area contributed by atoms with Gasteiger partial charge < -0.3 is 15.5 Å². The normalized spacial score (nSPS) is 23.2. The van der Waals surface area contributed by atoms with Crippen molar-refractivity contribution < 1.29 is 18.0 Å². The van der Waals surface area contributed by atoms with Crippen LogP contribution in [0, 0.1) is 5.92 Å². The summed E-state index contributed by atoms with van der Waals surface area (Å²) in [6.45, 7) is 2.00. The van der Waals surface area contributed by atoms with Crippen molar-refractivity contribution in [3.05, 3.63) is 29.8 Å². The van der Waals surface area contributed by atoms with Gasteiger partial charge >= 0.3 is 0 Å². The van der Waals surface area contributed by atoms with E-state index < -0.39 is 9.84 Å². The molecule has 1 aromatic rings. The van der Waals surface area contributed by atoms with Gasteiger partial charge in [0.1, 0.15) is 0 Å². The molecule has 2 N–H and O–H groups in total. The third kappa shape index (κ3) is 4.57. The van der Waals surface area contributed by atoms with Gasteiger partial charge in [-0.15, -0.1) is 11.8 Å². The number of nitrogens with zero attached hydrogens (tertiary/aromatic N) is 1. The molecule has 0 spiro atoms. The zero-order valence-electron chi connectivity index (χ0n) is 14.6. The summed E-state index contributed by atoms with van der Waals surface area (Å²) in [4.78, 5) is 26.7. The van der Waals surface area contributed by atoms with Crippen LogP contribution in [-0.2, 0) is 14.6 Å². The van der Waals surface area contributed by atoms with E-state index in [9.17, 15) is 18.0 Å². The topological polar surface area (TPSA) is 95.6 Å². The first kappa shape index (κ1) is 19.2. The molecule has 2 heterocycles. The fourth-order valence-corrected chi connectivity index (χ4v) is 4.74. The highest BCUT2D eigenvalue weighted by molar-refractivity contribution is 7.99. The second kappa shape index (κ2) is 7.98. The standard InChI is InChI=1S/C17H23N3O4S2/c1-26(23,24)14-4-2-13(3-5-14)16(21)19-10-12-8-15(18-9-12)17(22)20-6-7-25-11-20/h2-5,12,15,18H,6-11H2,1H3,(H,19,21)/t12-,15-/m0/s1. The maximum absolute atomic E-state index is 12.4. The van der Waals surface area contributed by atoms with Crippen molar-refractivity contribution in [1.82, 2.24) is 15.5 Å². The summed E-state index contributed by atoms with van der Waals surface area (Å²) in [7, 11) is -3.27. The molecule has 1 aromatic carbocycles. The number of hydrogen-bond acceptors (Lipinski definition) is 6. The van der Waals surface area contributed by atoms with E-state index >= 15 is 0 Å². The fourth-order valence-electron chi connectivity index (χ4n) is 3.15. The van der Waals surface area contributed by atoms with E-state index in [2.05, 4.69) is 10.6 Å². The Morgan fingerprint density at radius 3 is 2.65 bits per heavy atom. The first-order valence-corrected chi connectivity index (χ1v) is 11.6. The molecular weight excluding hydrogens is 374 g/mol. The second-order valence-corrected chi connectivity index (χ2v) is 9.80. The molecule has 0 bridgehead atoms. The van der Waals surface area contributed by atoms with Gasteiger partial charge in [-0.2, -0.15) is 0 Å². The van der Waals surface area contributed by atoms with Crippen LogP contribution in [0.1, 0.15) is 16.8 Å². The van der Waals surface area contributed by atoms with Crippen LogP contribution in [-0.4, -0.2) is 68.7 Å². The predicted octanol–water partition coefficient (Wildman–Crippen LogP) is 0.331. The summed E-state index contributed by atoms with van der Waals surface area (Å²) < 4.78 is 22.9. The van der Waals surface area contributed by atoms with E-state index in [4.69, 9.17) is 0 Å². The molecule has 2 saturated heterocycles. The zero-order valence-corrected chi connectivity index (χ0v) is 16.2. The average molecular weight is 398 g/mol. The summed E-state index contributed by atoms with van der Waals surface area (Å²) in [5.74, 6) is 1.88. The predicted molar refractivity (Wildman–Crippen MR) is 101 cm³/mol. The molecule has 0 aliphatic carbocycles. The second-order valence-electron chi connectivity index (χ2n) is 6.71. The quantitative estimate of drug-likeness (QED) is 0.744. The Hall–Kier alpha value is -1.58. The fraction of sp³-hybridized carbons (Fsp3) is 0.529. The summed E-state index contributed by atoms with van der Waals surface area (Å²) in [5.41, 5.74) is 0.421. The lowest BCUT2D eigenvalue weighted by Crippen LogP contribution is -2.42. The third-order valence-electron chi connectivity index (χ3n) is 4.68. The summed E-state index contributed by atoms with van der Waals surface area (Å²) >= 11 is 1.77. The first-order chi connectivity index (χ1) is 12.3. The number of nitrogens with one attached hydrogen (secondary N) is 2. The molecule has 0 radical (unpaired) electrons. The van der Waals surface area contributed by atoms with Crippen LogP contribution in [0.5, 0.6) is 0 Å². The largest absolute Gasteiger partial charge is 0.352 e. The lowest BCUT2D eigenvalue weighted by atomic mass is 10.0. The van der Waals surface area contributed by atoms with Crippen LogP contribution in [0.4, 0.5) is 0 Å². The van der Waals surface area contributed by atoms with Gasteiger partial charge in [0.05, 0.1) is 16.8 Å². The van der Waals surface area contributed by atoms with Gasteiger partial charge in [0, 0.05) is 37.2 Å². The lowest BCUT2D eigenvalue weighted by Gasteiger charge is -2.19. The maximum Gasteiger partial charge on any atom is 0.251 e. The average Bonchev–Trinajstić information content (AvgIpc) is 3.30. The molecule has 7 nitrogen and oxygen atoms in total. The Morgan fingerprint density at radius 2 is 2.04 bits per heavy atom. The molecule has 2 fully saturated rings. The molecule has 0 unspecified atom stereocenters. The molecule has 2 aliphatic rings. The van der Waals surface area contributed by atoms with Crippen LogP contribution >= 0.6 is 11.8 Å². The number of sulfone groups is 1. The molecule has 9 heteroatoms. The van der Waals surface area contributed by atoms with Crippen molar-refractivity contribution in [3.8, 4) is 0 Å². The molecular formula is C17H23N3O4S2. The molecule has 0 saturated carbocycles. The Labute approximate surface area is 157 Å². The van der Waals surface area contributed by atoms with E-state index in [-0.39, 0.29) is 28.7 Å². The zero-order chi connectivity index (χ0) is 18.7. The van der Waals surface area contributed by atoms with Crippen molar-refractivity contribution in [2.45, 2.75) is 17.4 Å². The smallest absolute Gasteiger partial charge is 0.251 e. The minimum atomic E-state index is -3.27. The van der Waals surface area contributed by atoms with E-state index in [1.165, 1.54) is 24.3 Å². The SMILES string of the molecule is CS(=O)(=O)c1ccc(C(=O)NC[C@@H]2CN[C@H](C(=O)N3CCSC3)C2)cc1. The van der Waals surface area contributed by atoms with Crippen LogP contribution < -0.4 is 10.6 Å². The number of carbonyl (C=O) groups excluding carboxylic acids is 2. The number of amides is 2. The summed E-state index contributed by atoms with van der Waals surface area (Å²) in [6, 6.07) is 5.73. The van der Waals surface area contributed by atoms with Crippen molar-refractivity contribution >= 4 is 33.4 Å². The summed E-state index contributed by atoms with van der Waals surface area (Å²) in [6.07, 6.45) is 1.85. The van der Waals surface area contributed by atoms with Crippen molar-refractivity contribution in [1.29, 1.82) is 0 Å². The molecule has 0 aromatic heterocycles. The Balaban J connectivity index is 1.48. The lowest BCUT2D eigenvalue weighted by molar-refractivity contribution is -0.131.